The molecule has 0 unspecified atom stereocenters. The highest BCUT2D eigenvalue weighted by Crippen LogP contribution is 2.37. The second kappa shape index (κ2) is 4.18. The third-order valence-corrected chi connectivity index (χ3v) is 4.17. The lowest BCUT2D eigenvalue weighted by Gasteiger charge is -2.24. The van der Waals surface area contributed by atoms with Gasteiger partial charge in [-0.25, -0.2) is 9.37 Å². The first kappa shape index (κ1) is 12.4. The number of hydrogen-bond acceptors (Lipinski definition) is 4. The molecule has 0 radical (unpaired) electrons. The fourth-order valence-corrected chi connectivity index (χ4v) is 3.37. The summed E-state index contributed by atoms with van der Waals surface area (Å²) in [5, 5.41) is 11.2. The molecule has 3 rings (SSSR count). The van der Waals surface area contributed by atoms with Crippen LogP contribution in [0.15, 0.2) is 40.3 Å². The van der Waals surface area contributed by atoms with Crippen molar-refractivity contribution in [1.29, 1.82) is 0 Å². The summed E-state index contributed by atoms with van der Waals surface area (Å²) >= 11 is 1.31. The highest BCUT2D eigenvalue weighted by molar-refractivity contribution is 7.99. The number of halogens is 1. The number of nitrogens with zero attached hydrogens (tertiary/aromatic N) is 2. The van der Waals surface area contributed by atoms with Gasteiger partial charge in [-0.15, -0.1) is 0 Å². The minimum Gasteiger partial charge on any atom is -0.366 e. The molecule has 0 spiro atoms. The van der Waals surface area contributed by atoms with E-state index in [-0.39, 0.29) is 17.1 Å². The van der Waals surface area contributed by atoms with Crippen LogP contribution in [-0.4, -0.2) is 20.4 Å². The van der Waals surface area contributed by atoms with Crippen LogP contribution in [0.2, 0.25) is 0 Å². The molecule has 0 saturated carbocycles. The zero-order valence-electron chi connectivity index (χ0n) is 10.1. The molecule has 2 aromatic rings. The first-order chi connectivity index (χ1) is 9.00. The van der Waals surface area contributed by atoms with Crippen molar-refractivity contribution in [3.8, 4) is 0 Å². The first-order valence-corrected chi connectivity index (χ1v) is 6.72. The summed E-state index contributed by atoms with van der Waals surface area (Å²) in [6, 6.07) is 6.88. The number of aryl methyl sites for hydroxylation is 1. The maximum Gasteiger partial charge on any atom is 0.257 e. The molecule has 1 aliphatic heterocycles. The molecular weight excluding hydrogens is 267 g/mol. The molecule has 0 bridgehead atoms. The third kappa shape index (κ3) is 1.87. The Morgan fingerprint density at radius 2 is 2.11 bits per heavy atom. The molecule has 0 aliphatic carbocycles. The van der Waals surface area contributed by atoms with Gasteiger partial charge in [0.1, 0.15) is 5.82 Å². The van der Waals surface area contributed by atoms with Gasteiger partial charge in [0.2, 0.25) is 0 Å². The van der Waals surface area contributed by atoms with Gasteiger partial charge in [0.05, 0.1) is 5.75 Å². The quantitative estimate of drug-likeness (QED) is 0.803. The Kier molecular flexibility index (Phi) is 2.72. The van der Waals surface area contributed by atoms with Crippen LogP contribution in [0.5, 0.6) is 0 Å². The van der Waals surface area contributed by atoms with E-state index >= 15 is 0 Å². The van der Waals surface area contributed by atoms with Gasteiger partial charge >= 0.3 is 0 Å². The molecule has 98 valence electrons. The van der Waals surface area contributed by atoms with Crippen LogP contribution in [0.4, 0.5) is 4.39 Å². The van der Waals surface area contributed by atoms with Crippen LogP contribution in [0.25, 0.3) is 0 Å². The molecule has 0 saturated heterocycles. The number of aliphatic hydroxyl groups is 1. The first-order valence-electron chi connectivity index (χ1n) is 5.73. The second-order valence-corrected chi connectivity index (χ2v) is 5.41. The number of benzene rings is 1. The van der Waals surface area contributed by atoms with E-state index in [1.165, 1.54) is 46.7 Å². The predicted molar refractivity (Wildman–Crippen MR) is 69.7 cm³/mol. The lowest BCUT2D eigenvalue weighted by molar-refractivity contribution is 0.0236. The van der Waals surface area contributed by atoms with Crippen molar-refractivity contribution in [2.45, 2.75) is 17.8 Å². The minimum atomic E-state index is -1.47. The van der Waals surface area contributed by atoms with E-state index < -0.39 is 5.72 Å². The van der Waals surface area contributed by atoms with Gasteiger partial charge in [0, 0.05) is 17.3 Å². The maximum absolute atomic E-state index is 13.0. The Labute approximate surface area is 112 Å². The van der Waals surface area contributed by atoms with Crippen molar-refractivity contribution in [2.75, 3.05) is 5.75 Å². The van der Waals surface area contributed by atoms with Crippen LogP contribution in [0.3, 0.4) is 0 Å². The summed E-state index contributed by atoms with van der Waals surface area (Å²) in [5.74, 6) is -0.0998. The molecule has 2 heterocycles. The molecule has 0 fully saturated rings. The maximum atomic E-state index is 13.0. The van der Waals surface area contributed by atoms with E-state index in [1.807, 2.05) is 0 Å². The fraction of sp³-hybridized carbons (Fsp3) is 0.231. The smallest absolute Gasteiger partial charge is 0.257 e. The predicted octanol–water partition coefficient (Wildman–Crippen LogP) is 1.49. The summed E-state index contributed by atoms with van der Waals surface area (Å²) in [6.07, 6.45) is 0. The van der Waals surface area contributed by atoms with Gasteiger partial charge in [-0.05, 0) is 19.1 Å². The summed E-state index contributed by atoms with van der Waals surface area (Å²) in [5.41, 5.74) is -0.676. The van der Waals surface area contributed by atoms with E-state index in [9.17, 15) is 14.3 Å². The van der Waals surface area contributed by atoms with Gasteiger partial charge in [-0.1, -0.05) is 23.9 Å². The topological polar surface area (TPSA) is 55.1 Å². The van der Waals surface area contributed by atoms with Crippen molar-refractivity contribution >= 4 is 11.8 Å². The molecule has 0 amide bonds. The lowest BCUT2D eigenvalue weighted by atomic mass is 10.0. The zero-order valence-corrected chi connectivity index (χ0v) is 10.9. The van der Waals surface area contributed by atoms with Crippen LogP contribution in [0, 0.1) is 12.7 Å². The van der Waals surface area contributed by atoms with Crippen LogP contribution in [0.1, 0.15) is 11.3 Å². The van der Waals surface area contributed by atoms with Crippen molar-refractivity contribution in [1.82, 2.24) is 9.55 Å². The van der Waals surface area contributed by atoms with Crippen molar-refractivity contribution in [3.05, 3.63) is 57.8 Å². The Morgan fingerprint density at radius 1 is 1.42 bits per heavy atom. The van der Waals surface area contributed by atoms with Crippen LogP contribution in [-0.2, 0) is 5.72 Å². The Hall–Kier alpha value is -1.66. The van der Waals surface area contributed by atoms with E-state index in [1.54, 1.807) is 6.92 Å². The molecule has 4 nitrogen and oxygen atoms in total. The van der Waals surface area contributed by atoms with E-state index in [0.29, 0.717) is 16.4 Å². The third-order valence-electron chi connectivity index (χ3n) is 3.10. The highest BCUT2D eigenvalue weighted by Gasteiger charge is 2.40. The molecule has 1 aliphatic rings. The van der Waals surface area contributed by atoms with Crippen molar-refractivity contribution in [3.63, 3.8) is 0 Å². The number of thioether (sulfide) groups is 1. The molecule has 1 aromatic heterocycles. The van der Waals surface area contributed by atoms with E-state index in [2.05, 4.69) is 4.98 Å². The molecule has 19 heavy (non-hydrogen) atoms. The summed E-state index contributed by atoms with van der Waals surface area (Å²) in [7, 11) is 0. The minimum absolute atomic E-state index is 0.282. The largest absolute Gasteiger partial charge is 0.366 e. The monoisotopic (exact) mass is 278 g/mol. The molecule has 1 atom stereocenters. The summed E-state index contributed by atoms with van der Waals surface area (Å²) in [4.78, 5) is 16.3. The van der Waals surface area contributed by atoms with E-state index in [0.717, 1.165) is 0 Å². The molecule has 1 aromatic carbocycles. The Bertz CT molecular complexity index is 699. The second-order valence-electron chi connectivity index (χ2n) is 4.47. The number of fused-ring (bicyclic) bond motifs is 1. The average Bonchev–Trinajstić information content (AvgIpc) is 2.69. The highest BCUT2D eigenvalue weighted by atomic mass is 32.2. The molecule has 6 heteroatoms. The Balaban J connectivity index is 2.20. The Morgan fingerprint density at radius 3 is 2.79 bits per heavy atom. The summed E-state index contributed by atoms with van der Waals surface area (Å²) < 4.78 is 14.2. The van der Waals surface area contributed by atoms with Crippen molar-refractivity contribution < 1.29 is 9.50 Å². The number of hydrogen-bond donors (Lipinski definition) is 1. The average molecular weight is 278 g/mol. The lowest BCUT2D eigenvalue weighted by Crippen LogP contribution is -2.41. The van der Waals surface area contributed by atoms with Gasteiger partial charge in [0.25, 0.3) is 5.56 Å². The fourth-order valence-electron chi connectivity index (χ4n) is 2.17. The normalized spacial score (nSPS) is 21.4. The molecule has 1 N–H and O–H groups in total. The van der Waals surface area contributed by atoms with E-state index in [4.69, 9.17) is 0 Å². The van der Waals surface area contributed by atoms with Gasteiger partial charge < -0.3 is 5.11 Å². The van der Waals surface area contributed by atoms with Crippen LogP contribution >= 0.6 is 11.8 Å². The zero-order chi connectivity index (χ0) is 13.6. The number of aromatic nitrogens is 2. The number of rotatable bonds is 1. The van der Waals surface area contributed by atoms with Crippen molar-refractivity contribution in [2.24, 2.45) is 0 Å². The standard InChI is InChI=1S/C13H11FN2O2S/c1-8-6-11(17)16-12(15-8)19-7-13(16,18)9-2-4-10(14)5-3-9/h2-6,18H,7H2,1H3/t13-/m0/s1. The van der Waals surface area contributed by atoms with Gasteiger partial charge in [-0.3, -0.25) is 9.36 Å². The van der Waals surface area contributed by atoms with Gasteiger partial charge in [-0.2, -0.15) is 0 Å². The van der Waals surface area contributed by atoms with Gasteiger partial charge in [0.15, 0.2) is 10.9 Å². The summed E-state index contributed by atoms with van der Waals surface area (Å²) in [6.45, 7) is 1.73. The SMILES string of the molecule is Cc1cc(=O)n2c(n1)SC[C@]2(O)c1ccc(F)cc1. The van der Waals surface area contributed by atoms with Crippen LogP contribution < -0.4 is 5.56 Å². The molecular formula is C13H11FN2O2S.